The van der Waals surface area contributed by atoms with Gasteiger partial charge in [0.25, 0.3) is 5.91 Å². The highest BCUT2D eigenvalue weighted by molar-refractivity contribution is 5.98. The molecule has 0 saturated heterocycles. The molecule has 1 fully saturated rings. The summed E-state index contributed by atoms with van der Waals surface area (Å²) in [4.78, 5) is 26.6. The standard InChI is InChI=1S/C21H25N3O2.ClH/c22-12-14-24(13-11-16-5-2-1-3-6-16)21(26)18-7-4-8-19(15-18)23-20(25)17-9-10-17;/h1-8,15,17H,9-14,22H2,(H,23,25);1H. The summed E-state index contributed by atoms with van der Waals surface area (Å²) in [6.07, 6.45) is 2.69. The number of carbonyl (C=O) groups excluding carboxylic acids is 2. The average Bonchev–Trinajstić information content (AvgIpc) is 3.51. The van der Waals surface area contributed by atoms with Crippen molar-refractivity contribution < 1.29 is 9.59 Å². The first-order chi connectivity index (χ1) is 12.7. The number of hydrogen-bond donors (Lipinski definition) is 2. The second-order valence-electron chi connectivity index (χ2n) is 6.66. The fourth-order valence-corrected chi connectivity index (χ4v) is 2.88. The first kappa shape index (κ1) is 20.9. The highest BCUT2D eigenvalue weighted by Crippen LogP contribution is 2.30. The van der Waals surface area contributed by atoms with E-state index in [4.69, 9.17) is 5.73 Å². The predicted octanol–water partition coefficient (Wildman–Crippen LogP) is 3.10. The first-order valence-corrected chi connectivity index (χ1v) is 9.11. The minimum absolute atomic E-state index is 0. The van der Waals surface area contributed by atoms with E-state index in [1.165, 1.54) is 5.56 Å². The maximum absolute atomic E-state index is 12.9. The molecule has 0 bridgehead atoms. The van der Waals surface area contributed by atoms with E-state index in [-0.39, 0.29) is 30.1 Å². The van der Waals surface area contributed by atoms with Crippen molar-refractivity contribution >= 4 is 29.9 Å². The molecule has 1 aliphatic carbocycles. The topological polar surface area (TPSA) is 75.4 Å². The number of anilines is 1. The number of rotatable bonds is 8. The summed E-state index contributed by atoms with van der Waals surface area (Å²) in [5.74, 6) is 0.111. The second-order valence-corrected chi connectivity index (χ2v) is 6.66. The third-order valence-electron chi connectivity index (χ3n) is 4.52. The molecule has 6 heteroatoms. The van der Waals surface area contributed by atoms with Crippen molar-refractivity contribution in [1.29, 1.82) is 0 Å². The smallest absolute Gasteiger partial charge is 0.253 e. The molecule has 2 aromatic rings. The maximum Gasteiger partial charge on any atom is 0.253 e. The van der Waals surface area contributed by atoms with Crippen LogP contribution in [-0.2, 0) is 11.2 Å². The average molecular weight is 388 g/mol. The van der Waals surface area contributed by atoms with Gasteiger partial charge in [0.1, 0.15) is 0 Å². The third kappa shape index (κ3) is 6.08. The highest BCUT2D eigenvalue weighted by Gasteiger charge is 2.29. The van der Waals surface area contributed by atoms with E-state index in [9.17, 15) is 9.59 Å². The molecule has 0 aromatic heterocycles. The lowest BCUT2D eigenvalue weighted by Crippen LogP contribution is -2.37. The number of halogens is 1. The predicted molar refractivity (Wildman–Crippen MR) is 110 cm³/mol. The Morgan fingerprint density at radius 2 is 1.78 bits per heavy atom. The summed E-state index contributed by atoms with van der Waals surface area (Å²) in [5, 5.41) is 2.89. The quantitative estimate of drug-likeness (QED) is 0.730. The van der Waals surface area contributed by atoms with E-state index in [2.05, 4.69) is 17.4 Å². The molecule has 1 saturated carbocycles. The van der Waals surface area contributed by atoms with Crippen LogP contribution in [0, 0.1) is 5.92 Å². The van der Waals surface area contributed by atoms with E-state index in [1.807, 2.05) is 24.3 Å². The largest absolute Gasteiger partial charge is 0.337 e. The van der Waals surface area contributed by atoms with Crippen molar-refractivity contribution in [3.05, 3.63) is 65.7 Å². The van der Waals surface area contributed by atoms with Crippen molar-refractivity contribution in [2.45, 2.75) is 19.3 Å². The number of carbonyl (C=O) groups is 2. The zero-order chi connectivity index (χ0) is 18.4. The molecular weight excluding hydrogens is 362 g/mol. The zero-order valence-electron chi connectivity index (χ0n) is 15.3. The van der Waals surface area contributed by atoms with Gasteiger partial charge in [-0.2, -0.15) is 0 Å². The SMILES string of the molecule is Cl.NCCN(CCc1ccccc1)C(=O)c1cccc(NC(=O)C2CC2)c1. The van der Waals surface area contributed by atoms with Gasteiger partial charge in [-0.1, -0.05) is 36.4 Å². The Morgan fingerprint density at radius 3 is 2.44 bits per heavy atom. The van der Waals surface area contributed by atoms with E-state index >= 15 is 0 Å². The lowest BCUT2D eigenvalue weighted by Gasteiger charge is -2.22. The van der Waals surface area contributed by atoms with Crippen molar-refractivity contribution in [2.24, 2.45) is 11.7 Å². The molecule has 2 amide bonds. The molecule has 27 heavy (non-hydrogen) atoms. The third-order valence-corrected chi connectivity index (χ3v) is 4.52. The van der Waals surface area contributed by atoms with Gasteiger partial charge >= 0.3 is 0 Å². The molecule has 144 valence electrons. The lowest BCUT2D eigenvalue weighted by molar-refractivity contribution is -0.117. The van der Waals surface area contributed by atoms with Gasteiger partial charge in [0, 0.05) is 36.8 Å². The van der Waals surface area contributed by atoms with Gasteiger partial charge in [0.15, 0.2) is 0 Å². The molecule has 2 aromatic carbocycles. The van der Waals surface area contributed by atoms with Crippen LogP contribution >= 0.6 is 12.4 Å². The van der Waals surface area contributed by atoms with Crippen LogP contribution in [-0.4, -0.2) is 36.3 Å². The van der Waals surface area contributed by atoms with Crippen LogP contribution < -0.4 is 11.1 Å². The summed E-state index contributed by atoms with van der Waals surface area (Å²) < 4.78 is 0. The van der Waals surface area contributed by atoms with Crippen molar-refractivity contribution in [1.82, 2.24) is 4.90 Å². The molecular formula is C21H26ClN3O2. The molecule has 3 rings (SSSR count). The van der Waals surface area contributed by atoms with E-state index in [0.29, 0.717) is 30.9 Å². The molecule has 0 aliphatic heterocycles. The fraction of sp³-hybridized carbons (Fsp3) is 0.333. The van der Waals surface area contributed by atoms with Gasteiger partial charge in [0.2, 0.25) is 5.91 Å². The Bertz CT molecular complexity index is 763. The second kappa shape index (κ2) is 10.1. The first-order valence-electron chi connectivity index (χ1n) is 9.11. The summed E-state index contributed by atoms with van der Waals surface area (Å²) in [7, 11) is 0. The minimum Gasteiger partial charge on any atom is -0.337 e. The molecule has 3 N–H and O–H groups in total. The van der Waals surface area contributed by atoms with Crippen molar-refractivity contribution in [3.8, 4) is 0 Å². The number of nitrogens with zero attached hydrogens (tertiary/aromatic N) is 1. The molecule has 1 aliphatic rings. The Labute approximate surface area is 166 Å². The Hall–Kier alpha value is -2.37. The fourth-order valence-electron chi connectivity index (χ4n) is 2.88. The van der Waals surface area contributed by atoms with E-state index in [0.717, 1.165) is 19.3 Å². The number of nitrogens with one attached hydrogen (secondary N) is 1. The Balaban J connectivity index is 0.00000261. The van der Waals surface area contributed by atoms with E-state index < -0.39 is 0 Å². The van der Waals surface area contributed by atoms with Gasteiger partial charge in [-0.25, -0.2) is 0 Å². The van der Waals surface area contributed by atoms with Gasteiger partial charge < -0.3 is 16.0 Å². The van der Waals surface area contributed by atoms with E-state index in [1.54, 1.807) is 23.1 Å². The minimum atomic E-state index is -0.0612. The monoisotopic (exact) mass is 387 g/mol. The molecule has 0 radical (unpaired) electrons. The summed E-state index contributed by atoms with van der Waals surface area (Å²) in [6.45, 7) is 1.53. The van der Waals surface area contributed by atoms with Crippen LogP contribution in [0.5, 0.6) is 0 Å². The van der Waals surface area contributed by atoms with Crippen molar-refractivity contribution in [3.63, 3.8) is 0 Å². The molecule has 0 atom stereocenters. The normalized spacial score (nSPS) is 12.8. The number of nitrogens with two attached hydrogens (primary N) is 1. The molecule has 5 nitrogen and oxygen atoms in total. The lowest BCUT2D eigenvalue weighted by atomic mass is 10.1. The van der Waals surface area contributed by atoms with Crippen molar-refractivity contribution in [2.75, 3.05) is 25.0 Å². The van der Waals surface area contributed by atoms with Crippen LogP contribution in [0.4, 0.5) is 5.69 Å². The number of benzene rings is 2. The van der Waals surface area contributed by atoms with Crippen LogP contribution in [0.1, 0.15) is 28.8 Å². The highest BCUT2D eigenvalue weighted by atomic mass is 35.5. The number of amides is 2. The summed E-state index contributed by atoms with van der Waals surface area (Å²) >= 11 is 0. The zero-order valence-corrected chi connectivity index (χ0v) is 16.1. The Morgan fingerprint density at radius 1 is 1.04 bits per heavy atom. The van der Waals surface area contributed by atoms with Crippen LogP contribution in [0.3, 0.4) is 0 Å². The van der Waals surface area contributed by atoms with Gasteiger partial charge in [-0.15, -0.1) is 12.4 Å². The summed E-state index contributed by atoms with van der Waals surface area (Å²) in [5.41, 5.74) is 8.13. The molecule has 0 heterocycles. The van der Waals surface area contributed by atoms with Gasteiger partial charge in [-0.3, -0.25) is 9.59 Å². The Kier molecular flexibility index (Phi) is 7.82. The number of hydrogen-bond acceptors (Lipinski definition) is 3. The van der Waals surface area contributed by atoms with Crippen LogP contribution in [0.15, 0.2) is 54.6 Å². The van der Waals surface area contributed by atoms with Crippen LogP contribution in [0.2, 0.25) is 0 Å². The molecule has 0 spiro atoms. The summed E-state index contributed by atoms with van der Waals surface area (Å²) in [6, 6.07) is 17.2. The molecule has 0 unspecified atom stereocenters. The van der Waals surface area contributed by atoms with Crippen LogP contribution in [0.25, 0.3) is 0 Å². The maximum atomic E-state index is 12.9. The van der Waals surface area contributed by atoms with Gasteiger partial charge in [0.05, 0.1) is 0 Å². The van der Waals surface area contributed by atoms with Gasteiger partial charge in [-0.05, 0) is 43.0 Å².